The number of phenolic OH excluding ortho intramolecular Hbond substituents is 1. The van der Waals surface area contributed by atoms with Crippen molar-refractivity contribution in [3.05, 3.63) is 102 Å². The number of amides is 15. The number of aromatic amines is 1. The average molecular weight is 1780 g/mol. The van der Waals surface area contributed by atoms with E-state index >= 15 is 28.8 Å². The lowest BCUT2D eigenvalue weighted by molar-refractivity contribution is -0.149. The van der Waals surface area contributed by atoms with Gasteiger partial charge in [0.1, 0.15) is 78.8 Å². The van der Waals surface area contributed by atoms with Gasteiger partial charge in [-0.15, -0.1) is 0 Å². The lowest BCUT2D eigenvalue weighted by atomic mass is 9.90. The Morgan fingerprint density at radius 2 is 1.11 bits per heavy atom. The van der Waals surface area contributed by atoms with Crippen LogP contribution in [0.3, 0.4) is 0 Å². The smallest absolute Gasteiger partial charge is 0.323 e. The van der Waals surface area contributed by atoms with Crippen LogP contribution in [0.1, 0.15) is 155 Å². The van der Waals surface area contributed by atoms with Crippen LogP contribution in [-0.2, 0) is 107 Å². The number of likely N-dealkylation sites (N-methyl/N-ethyl adjacent to an activating group) is 3. The minimum atomic E-state index is -1.75. The Bertz CT molecular complexity index is 4820. The predicted molar refractivity (Wildman–Crippen MR) is 470 cm³/mol. The van der Waals surface area contributed by atoms with E-state index in [0.717, 1.165) is 19.6 Å². The highest BCUT2D eigenvalue weighted by molar-refractivity contribution is 6.02. The number of carboxylic acid groups (broad SMARTS) is 1. The van der Waals surface area contributed by atoms with Gasteiger partial charge < -0.3 is 114 Å². The molecule has 3 aliphatic rings. The summed E-state index contributed by atoms with van der Waals surface area (Å²) in [5.74, 6) is -17.3. The van der Waals surface area contributed by atoms with Gasteiger partial charge in [-0.1, -0.05) is 116 Å². The molecule has 3 fully saturated rings. The topological polar surface area (TPSA) is 574 Å². The van der Waals surface area contributed by atoms with Gasteiger partial charge in [0.2, 0.25) is 88.6 Å². The zero-order chi connectivity index (χ0) is 94.1. The molecule has 39 heteroatoms. The van der Waals surface area contributed by atoms with Gasteiger partial charge in [0.25, 0.3) is 0 Å². The second-order valence-electron chi connectivity index (χ2n) is 34.3. The first-order valence-corrected chi connectivity index (χ1v) is 43.9. The number of aliphatic hydroxyl groups is 1. The van der Waals surface area contributed by atoms with Gasteiger partial charge in [0.05, 0.1) is 31.7 Å². The summed E-state index contributed by atoms with van der Waals surface area (Å²) in [5, 5.41) is 56.5. The summed E-state index contributed by atoms with van der Waals surface area (Å²) >= 11 is 0. The Morgan fingerprint density at radius 1 is 0.539 bits per heavy atom. The fourth-order valence-electron chi connectivity index (χ4n) is 16.6. The Morgan fingerprint density at radius 3 is 1.76 bits per heavy atom. The maximum absolute atomic E-state index is 15.9. The number of nitrogens with zero attached hydrogens (tertiary/aromatic N) is 6. The highest BCUT2D eigenvalue weighted by atomic mass is 16.4. The second kappa shape index (κ2) is 47.4. The maximum Gasteiger partial charge on any atom is 0.323 e. The molecule has 3 saturated heterocycles. The number of para-hydroxylation sites is 2. The fourth-order valence-corrected chi connectivity index (χ4v) is 16.6. The molecule has 5 heterocycles. The van der Waals surface area contributed by atoms with Crippen molar-refractivity contribution in [1.82, 2.24) is 81.9 Å². The van der Waals surface area contributed by atoms with Crippen molar-refractivity contribution in [3.63, 3.8) is 0 Å². The minimum absolute atomic E-state index is 0.00147. The summed E-state index contributed by atoms with van der Waals surface area (Å²) in [6.45, 7) is 8.73. The van der Waals surface area contributed by atoms with Gasteiger partial charge in [-0.3, -0.25) is 81.5 Å². The van der Waals surface area contributed by atoms with Crippen LogP contribution >= 0.6 is 0 Å². The molecule has 128 heavy (non-hydrogen) atoms. The van der Waals surface area contributed by atoms with Crippen molar-refractivity contribution in [2.75, 3.05) is 60.4 Å². The first kappa shape index (κ1) is 101. The lowest BCUT2D eigenvalue weighted by Gasteiger charge is -2.36. The van der Waals surface area contributed by atoms with Crippen LogP contribution in [0, 0.1) is 17.8 Å². The Balaban J connectivity index is 1.18. The van der Waals surface area contributed by atoms with Crippen molar-refractivity contribution in [2.24, 2.45) is 35.0 Å². The lowest BCUT2D eigenvalue weighted by Crippen LogP contribution is -2.61. The molecule has 2 aromatic heterocycles. The third-order valence-corrected chi connectivity index (χ3v) is 23.7. The molecule has 0 aliphatic carbocycles. The molecule has 698 valence electrons. The summed E-state index contributed by atoms with van der Waals surface area (Å²) in [6.07, 6.45) is 1.16. The van der Waals surface area contributed by atoms with Crippen molar-refractivity contribution >= 4 is 122 Å². The molecule has 0 spiro atoms. The Hall–Kier alpha value is -12.4. The van der Waals surface area contributed by atoms with Crippen LogP contribution in [0.4, 0.5) is 0 Å². The number of primary amides is 1. The summed E-state index contributed by atoms with van der Waals surface area (Å²) < 4.78 is 1.46. The second-order valence-corrected chi connectivity index (χ2v) is 34.3. The molecule has 0 saturated carbocycles. The van der Waals surface area contributed by atoms with Gasteiger partial charge >= 0.3 is 5.97 Å². The minimum Gasteiger partial charge on any atom is -0.508 e. The van der Waals surface area contributed by atoms with Crippen LogP contribution in [0.25, 0.3) is 21.8 Å². The number of aliphatic carboxylic acids is 1. The zero-order valence-electron chi connectivity index (χ0n) is 74.5. The molecule has 14 atom stereocenters. The van der Waals surface area contributed by atoms with Gasteiger partial charge in [0, 0.05) is 107 Å². The molecule has 0 radical (unpaired) electrons. The molecular formula is C89H127N19O20. The number of aromatic nitrogens is 2. The van der Waals surface area contributed by atoms with Gasteiger partial charge in [0.15, 0.2) is 5.78 Å². The van der Waals surface area contributed by atoms with Crippen molar-refractivity contribution in [1.29, 1.82) is 0 Å². The molecule has 5 aromatic rings. The summed E-state index contributed by atoms with van der Waals surface area (Å²) in [6, 6.07) is 1.84. The predicted octanol–water partition coefficient (Wildman–Crippen LogP) is -0.735. The number of ketones is 1. The number of hydrogen-bond acceptors (Lipinski definition) is 21. The van der Waals surface area contributed by atoms with Crippen LogP contribution in [0.2, 0.25) is 0 Å². The van der Waals surface area contributed by atoms with E-state index in [-0.39, 0.29) is 101 Å². The largest absolute Gasteiger partial charge is 0.508 e. The molecule has 3 aliphatic heterocycles. The van der Waals surface area contributed by atoms with Crippen molar-refractivity contribution < 1.29 is 96.8 Å². The maximum atomic E-state index is 15.9. The van der Waals surface area contributed by atoms with E-state index in [1.54, 1.807) is 82.4 Å². The first-order chi connectivity index (χ1) is 60.8. The third kappa shape index (κ3) is 27.3. The van der Waals surface area contributed by atoms with E-state index in [2.05, 4.69) is 52.8 Å². The zero-order valence-corrected chi connectivity index (χ0v) is 74.5. The normalized spacial score (nSPS) is 25.1. The monoisotopic (exact) mass is 1780 g/mol. The number of carboxylic acids is 1. The number of phenols is 1. The standard InChI is InChI=1S/C89H127N19O20/c1-11-13-23-69-83(122)98-62(34-49(3)4)80(119)95-44-75(113)94-45-76(114)96-64(36-52-27-29-56(109)30-28-52)85(124)103(8)51(7)78(117)99-66(41-74(92)112)87(126)107-33-19-26-70(107)84(123)102-67(42-91)82(121)100-63(35-50(5)6)88(127)108-47-57(110)40-72(108)73(111)39-53(37-54-43-93-60-22-17-15-20-58(54)60)79(118)97-61(31-32-90)81(120)101-65(86(125)105(10)71(24-14-12-2)89(128)104(69)9)38-55-46-106(48-77(115)116)68-25-18-16-21-59(55)68/h15-18,20-22,25,27-30,43,46,49-51,53,57,61-67,69-72,93,109-110H,11-14,19,23-24,26,31-42,44-45,47-48,90-91H2,1-10H3,(H2,92,112)(H,94,113)(H,95,119)(H,96,114)(H,97,118)(H,98,122)(H,99,117)(H,100,121)(H,101,120)(H,102,123)(H,115,116)/t51-,53+,57+,61-,62-,63-,64-,65-,66-,67-,69-,70-,71-,72-/m0/s1. The number of aliphatic hydroxyl groups excluding tert-OH is 1. The fraction of sp³-hybridized carbons (Fsp3) is 0.562. The number of nitrogens with one attached hydrogen (secondary N) is 10. The van der Waals surface area contributed by atoms with E-state index < -0.39 is 230 Å². The van der Waals surface area contributed by atoms with Gasteiger partial charge in [-0.2, -0.15) is 0 Å². The Labute approximate surface area is 743 Å². The summed E-state index contributed by atoms with van der Waals surface area (Å²) in [7, 11) is 3.97. The summed E-state index contributed by atoms with van der Waals surface area (Å²) in [4.78, 5) is 256. The van der Waals surface area contributed by atoms with Crippen LogP contribution in [0.5, 0.6) is 5.75 Å². The highest BCUT2D eigenvalue weighted by Crippen LogP contribution is 2.31. The number of nitrogens with two attached hydrogens (primary N) is 3. The average Bonchev–Trinajstić information content (AvgIpc) is 1.62. The number of hydrogen-bond donors (Lipinski definition) is 16. The first-order valence-electron chi connectivity index (χ1n) is 43.9. The number of carbonyl (C=O) groups excluding carboxylic acids is 16. The number of benzene rings is 3. The number of H-pyrrole nitrogens is 1. The number of Topliss-reactive ketones (excluding diaryl/α,β-unsaturated/α-hetero) is 1. The summed E-state index contributed by atoms with van der Waals surface area (Å²) in [5.41, 5.74) is 20.6. The molecule has 8 rings (SSSR count). The van der Waals surface area contributed by atoms with E-state index in [4.69, 9.17) is 17.2 Å². The third-order valence-electron chi connectivity index (χ3n) is 23.7. The molecule has 0 unspecified atom stereocenters. The SMILES string of the molecule is CCCC[C@H]1C(=O)N(C)[C@@H](CCCC)C(=O)N[C@@H](CC(C)C)C(=O)NCC(=O)NCC(=O)N[C@@H](Cc2ccc(O)cc2)C(=O)N(C)[C@@H](C)C(=O)N[C@@H](CC(N)=O)C(=O)N2CCC[C@H]2C(=O)N[C@@H](CN)C(=O)N[C@@H](CC(C)C)C(=O)N2C[C@H](O)C[C@H]2C(=O)C[C@@H](Cc2c[nH]c3ccccc23)C(=O)N[C@@H](CCN)C(=O)N[C@@H](Cc2cn(CC(=O)O)c3ccccc23)C(=O)N1C. The number of carbonyl (C=O) groups is 17. The molecular weight excluding hydrogens is 1660 g/mol. The number of aromatic hydroxyl groups is 1. The quantitative estimate of drug-likeness (QED) is 0.0383. The van der Waals surface area contributed by atoms with E-state index in [1.165, 1.54) is 68.0 Å². The van der Waals surface area contributed by atoms with E-state index in [9.17, 15) is 68.1 Å². The Kier molecular flexibility index (Phi) is 37.4. The number of rotatable bonds is 23. The highest BCUT2D eigenvalue weighted by Gasteiger charge is 2.46. The van der Waals surface area contributed by atoms with Gasteiger partial charge in [-0.25, -0.2) is 0 Å². The van der Waals surface area contributed by atoms with Crippen molar-refractivity contribution in [3.8, 4) is 5.75 Å². The molecule has 3 aromatic carbocycles. The molecule has 39 nitrogen and oxygen atoms in total. The van der Waals surface area contributed by atoms with E-state index in [1.807, 2.05) is 13.8 Å². The molecule has 15 amide bonds. The number of unbranched alkanes of at least 4 members (excludes halogenated alkanes) is 2. The molecule has 0 bridgehead atoms. The number of fused-ring (bicyclic) bond motifs is 4. The van der Waals surface area contributed by atoms with Gasteiger partial charge in [-0.05, 0) is 118 Å². The van der Waals surface area contributed by atoms with E-state index in [0.29, 0.717) is 64.2 Å². The van der Waals surface area contributed by atoms with Crippen LogP contribution < -0.4 is 65.1 Å². The molecule has 19 N–H and O–H groups in total. The van der Waals surface area contributed by atoms with Crippen molar-refractivity contribution in [2.45, 2.75) is 243 Å². The van der Waals surface area contributed by atoms with Crippen LogP contribution in [-0.4, -0.2) is 289 Å². The van der Waals surface area contributed by atoms with Crippen LogP contribution in [0.15, 0.2) is 85.2 Å².